The molecule has 0 saturated carbocycles. The normalized spacial score (nSPS) is 10.2. The summed E-state index contributed by atoms with van der Waals surface area (Å²) in [4.78, 5) is 24.7. The Balaban J connectivity index is 2.89. The van der Waals surface area contributed by atoms with E-state index in [1.807, 2.05) is 13.8 Å². The number of ether oxygens (including phenoxy) is 1. The highest BCUT2D eigenvalue weighted by atomic mass is 32.1. The highest BCUT2D eigenvalue weighted by Gasteiger charge is 2.19. The molecule has 0 aromatic carbocycles. The summed E-state index contributed by atoms with van der Waals surface area (Å²) in [6.45, 7) is 3.60. The van der Waals surface area contributed by atoms with Crippen LogP contribution < -0.4 is 0 Å². The van der Waals surface area contributed by atoms with Gasteiger partial charge in [0.1, 0.15) is 6.61 Å². The highest BCUT2D eigenvalue weighted by Crippen LogP contribution is 2.21. The second-order valence-corrected chi connectivity index (χ2v) is 4.47. The molecule has 0 aliphatic carbocycles. The number of thiophene rings is 1. The van der Waals surface area contributed by atoms with E-state index in [9.17, 15) is 9.59 Å². The van der Waals surface area contributed by atoms with Gasteiger partial charge in [0.25, 0.3) is 0 Å². The molecule has 0 bridgehead atoms. The zero-order valence-corrected chi connectivity index (χ0v) is 9.23. The van der Waals surface area contributed by atoms with Crippen LogP contribution in [0.15, 0.2) is 6.07 Å². The second kappa shape index (κ2) is 4.48. The summed E-state index contributed by atoms with van der Waals surface area (Å²) in [6, 6.07) is 1.75. The van der Waals surface area contributed by atoms with Gasteiger partial charge in [-0.05, 0) is 19.9 Å². The fraction of sp³-hybridized carbons (Fsp3) is 0.400. The molecule has 0 N–H and O–H groups in total. The Bertz CT molecular complexity index is 365. The average molecular weight is 212 g/mol. The fourth-order valence-corrected chi connectivity index (χ4v) is 2.12. The topological polar surface area (TPSA) is 43.4 Å². The molecule has 0 amide bonds. The van der Waals surface area contributed by atoms with Crippen LogP contribution in [0.5, 0.6) is 0 Å². The first-order chi connectivity index (χ1) is 6.56. The van der Waals surface area contributed by atoms with Gasteiger partial charge in [-0.3, -0.25) is 9.59 Å². The summed E-state index contributed by atoms with van der Waals surface area (Å²) in [5.74, 6) is -0.942. The maximum absolute atomic E-state index is 11.5. The molecule has 1 aromatic heterocycles. The van der Waals surface area contributed by atoms with E-state index in [4.69, 9.17) is 0 Å². The van der Waals surface area contributed by atoms with Gasteiger partial charge in [-0.2, -0.15) is 0 Å². The van der Waals surface area contributed by atoms with Crippen molar-refractivity contribution in [3.63, 3.8) is 0 Å². The Morgan fingerprint density at radius 1 is 1.43 bits per heavy atom. The van der Waals surface area contributed by atoms with E-state index in [0.717, 1.165) is 9.75 Å². The SMILES string of the molecule is COCC(=O)C(=O)c1cc(C)sc1C. The third kappa shape index (κ3) is 2.27. The van der Waals surface area contributed by atoms with E-state index in [-0.39, 0.29) is 6.61 Å². The first kappa shape index (κ1) is 11.1. The van der Waals surface area contributed by atoms with Crippen molar-refractivity contribution in [2.24, 2.45) is 0 Å². The number of rotatable bonds is 4. The summed E-state index contributed by atoms with van der Waals surface area (Å²) in [6.07, 6.45) is 0. The van der Waals surface area contributed by atoms with Crippen LogP contribution in [0.1, 0.15) is 20.1 Å². The van der Waals surface area contributed by atoms with Gasteiger partial charge in [-0.25, -0.2) is 0 Å². The Kier molecular flexibility index (Phi) is 3.55. The number of carbonyl (C=O) groups excluding carboxylic acids is 2. The summed E-state index contributed by atoms with van der Waals surface area (Å²) >= 11 is 1.52. The minimum absolute atomic E-state index is 0.146. The van der Waals surface area contributed by atoms with Gasteiger partial charge in [0.2, 0.25) is 11.6 Å². The fourth-order valence-electron chi connectivity index (χ4n) is 1.20. The molecule has 0 aliphatic rings. The first-order valence-electron chi connectivity index (χ1n) is 4.19. The lowest BCUT2D eigenvalue weighted by Crippen LogP contribution is -2.19. The summed E-state index contributed by atoms with van der Waals surface area (Å²) in [5.41, 5.74) is 0.509. The van der Waals surface area contributed by atoms with Crippen LogP contribution in [0.3, 0.4) is 0 Å². The van der Waals surface area contributed by atoms with Crippen LogP contribution in [0.25, 0.3) is 0 Å². The van der Waals surface area contributed by atoms with Gasteiger partial charge >= 0.3 is 0 Å². The van der Waals surface area contributed by atoms with Crippen molar-refractivity contribution in [2.45, 2.75) is 13.8 Å². The summed E-state index contributed by atoms with van der Waals surface area (Å²) in [5, 5.41) is 0. The minimum atomic E-state index is -0.492. The van der Waals surface area contributed by atoms with Crippen LogP contribution in [-0.4, -0.2) is 25.3 Å². The van der Waals surface area contributed by atoms with Crippen LogP contribution >= 0.6 is 11.3 Å². The number of aryl methyl sites for hydroxylation is 2. The molecule has 0 unspecified atom stereocenters. The smallest absolute Gasteiger partial charge is 0.232 e. The van der Waals surface area contributed by atoms with Gasteiger partial charge in [-0.15, -0.1) is 11.3 Å². The molecule has 4 heteroatoms. The standard InChI is InChI=1S/C10H12O3S/c1-6-4-8(7(2)14-6)10(12)9(11)5-13-3/h4H,5H2,1-3H3. The van der Waals surface area contributed by atoms with Crippen molar-refractivity contribution in [1.82, 2.24) is 0 Å². The largest absolute Gasteiger partial charge is 0.376 e. The van der Waals surface area contributed by atoms with Gasteiger partial charge in [0, 0.05) is 22.4 Å². The zero-order valence-electron chi connectivity index (χ0n) is 8.42. The Labute approximate surface area is 86.7 Å². The predicted molar refractivity (Wildman–Crippen MR) is 55.0 cm³/mol. The van der Waals surface area contributed by atoms with E-state index in [1.165, 1.54) is 18.4 Å². The number of hydrogen-bond donors (Lipinski definition) is 0. The summed E-state index contributed by atoms with van der Waals surface area (Å²) in [7, 11) is 1.40. The maximum atomic E-state index is 11.5. The molecule has 0 atom stereocenters. The first-order valence-corrected chi connectivity index (χ1v) is 5.01. The van der Waals surface area contributed by atoms with Crippen molar-refractivity contribution < 1.29 is 14.3 Å². The highest BCUT2D eigenvalue weighted by molar-refractivity contribution is 7.12. The van der Waals surface area contributed by atoms with Crippen molar-refractivity contribution in [3.05, 3.63) is 21.4 Å². The minimum Gasteiger partial charge on any atom is -0.376 e. The third-order valence-electron chi connectivity index (χ3n) is 1.81. The Morgan fingerprint density at radius 2 is 2.07 bits per heavy atom. The number of hydrogen-bond acceptors (Lipinski definition) is 4. The van der Waals surface area contributed by atoms with Crippen molar-refractivity contribution in [1.29, 1.82) is 0 Å². The lowest BCUT2D eigenvalue weighted by atomic mass is 10.1. The number of methoxy groups -OCH3 is 1. The molecule has 14 heavy (non-hydrogen) atoms. The molecule has 76 valence electrons. The van der Waals surface area contributed by atoms with Crippen molar-refractivity contribution in [3.8, 4) is 0 Å². The quantitative estimate of drug-likeness (QED) is 0.564. The zero-order chi connectivity index (χ0) is 10.7. The molecular formula is C10H12O3S. The number of carbonyl (C=O) groups is 2. The monoisotopic (exact) mass is 212 g/mol. The molecule has 0 fully saturated rings. The molecule has 1 rings (SSSR count). The lowest BCUT2D eigenvalue weighted by molar-refractivity contribution is -0.118. The molecule has 1 heterocycles. The van der Waals surface area contributed by atoms with Crippen molar-refractivity contribution in [2.75, 3.05) is 13.7 Å². The average Bonchev–Trinajstić information content (AvgIpc) is 2.44. The van der Waals surface area contributed by atoms with Gasteiger partial charge in [0.15, 0.2) is 0 Å². The van der Waals surface area contributed by atoms with Crippen molar-refractivity contribution >= 4 is 22.9 Å². The second-order valence-electron chi connectivity index (χ2n) is 3.01. The van der Waals surface area contributed by atoms with Crippen LogP contribution in [-0.2, 0) is 9.53 Å². The van der Waals surface area contributed by atoms with E-state index in [2.05, 4.69) is 4.74 Å². The summed E-state index contributed by atoms with van der Waals surface area (Å²) < 4.78 is 4.63. The predicted octanol–water partition coefficient (Wildman–Crippen LogP) is 1.76. The molecule has 0 radical (unpaired) electrons. The number of ketones is 2. The van der Waals surface area contributed by atoms with E-state index >= 15 is 0 Å². The Morgan fingerprint density at radius 3 is 2.50 bits per heavy atom. The molecule has 0 aliphatic heterocycles. The Hall–Kier alpha value is -1.000. The molecule has 0 saturated heterocycles. The van der Waals surface area contributed by atoms with Crippen LogP contribution in [0, 0.1) is 13.8 Å². The van der Waals surface area contributed by atoms with Crippen LogP contribution in [0.2, 0.25) is 0 Å². The van der Waals surface area contributed by atoms with Gasteiger partial charge in [0.05, 0.1) is 0 Å². The van der Waals surface area contributed by atoms with E-state index in [0.29, 0.717) is 5.56 Å². The maximum Gasteiger partial charge on any atom is 0.232 e. The molecule has 3 nitrogen and oxygen atoms in total. The van der Waals surface area contributed by atoms with E-state index in [1.54, 1.807) is 6.07 Å². The molecule has 1 aromatic rings. The number of Topliss-reactive ketones (excluding diaryl/α,β-unsaturated/α-hetero) is 2. The van der Waals surface area contributed by atoms with Gasteiger partial charge < -0.3 is 4.74 Å². The lowest BCUT2D eigenvalue weighted by Gasteiger charge is -1.97. The van der Waals surface area contributed by atoms with Crippen LogP contribution in [0.4, 0.5) is 0 Å². The molecular weight excluding hydrogens is 200 g/mol. The molecule has 0 spiro atoms. The van der Waals surface area contributed by atoms with Gasteiger partial charge in [-0.1, -0.05) is 0 Å². The third-order valence-corrected chi connectivity index (χ3v) is 2.78. The van der Waals surface area contributed by atoms with E-state index < -0.39 is 11.6 Å².